The molecule has 1 aliphatic heterocycles. The van der Waals surface area contributed by atoms with Gasteiger partial charge in [0.25, 0.3) is 0 Å². The van der Waals surface area contributed by atoms with Crippen LogP contribution in [0.1, 0.15) is 17.8 Å². The summed E-state index contributed by atoms with van der Waals surface area (Å²) in [6.45, 7) is 3.33. The van der Waals surface area contributed by atoms with E-state index in [1.807, 2.05) is 7.05 Å². The van der Waals surface area contributed by atoms with Crippen molar-refractivity contribution >= 4 is 16.5 Å². The van der Waals surface area contributed by atoms with Gasteiger partial charge in [0.15, 0.2) is 0 Å². The van der Waals surface area contributed by atoms with E-state index in [4.69, 9.17) is 5.11 Å². The predicted molar refractivity (Wildman–Crippen MR) is 64.5 cm³/mol. The molecule has 90 valence electrons. The molecule has 1 saturated heterocycles. The second kappa shape index (κ2) is 5.56. The summed E-state index contributed by atoms with van der Waals surface area (Å²) < 4.78 is 0. The first-order chi connectivity index (χ1) is 7.81. The summed E-state index contributed by atoms with van der Waals surface area (Å²) in [6.07, 6.45) is 2.18. The molecule has 1 fully saturated rings. The highest BCUT2D eigenvalue weighted by Crippen LogP contribution is 2.21. The van der Waals surface area contributed by atoms with Gasteiger partial charge in [0.1, 0.15) is 5.01 Å². The molecule has 0 spiro atoms. The Balaban J connectivity index is 1.82. The number of nitrogens with one attached hydrogen (secondary N) is 1. The number of anilines is 1. The highest BCUT2D eigenvalue weighted by atomic mass is 32.1. The van der Waals surface area contributed by atoms with E-state index in [1.54, 1.807) is 11.3 Å². The van der Waals surface area contributed by atoms with Crippen LogP contribution >= 0.6 is 11.3 Å². The average molecular weight is 242 g/mol. The highest BCUT2D eigenvalue weighted by Gasteiger charge is 2.19. The van der Waals surface area contributed by atoms with Crippen molar-refractivity contribution in [3.8, 4) is 0 Å². The molecule has 0 amide bonds. The maximum Gasteiger partial charge on any atom is 0.205 e. The van der Waals surface area contributed by atoms with Crippen molar-refractivity contribution in [1.82, 2.24) is 15.1 Å². The van der Waals surface area contributed by atoms with Crippen LogP contribution in [-0.4, -0.2) is 46.9 Å². The maximum atomic E-state index is 9.06. The van der Waals surface area contributed by atoms with E-state index in [1.165, 1.54) is 0 Å². The second-order valence-corrected chi connectivity index (χ2v) is 5.22. The Bertz CT molecular complexity index is 322. The largest absolute Gasteiger partial charge is 0.396 e. The van der Waals surface area contributed by atoms with Gasteiger partial charge in [-0.15, -0.1) is 10.2 Å². The molecule has 0 radical (unpaired) electrons. The van der Waals surface area contributed by atoms with Crippen molar-refractivity contribution < 1.29 is 5.11 Å². The first-order valence-electron chi connectivity index (χ1n) is 5.65. The molecule has 0 bridgehead atoms. The average Bonchev–Trinajstić information content (AvgIpc) is 2.78. The van der Waals surface area contributed by atoms with E-state index in [2.05, 4.69) is 20.4 Å². The summed E-state index contributed by atoms with van der Waals surface area (Å²) in [4.78, 5) is 2.38. The Morgan fingerprint density at radius 2 is 2.19 bits per heavy atom. The second-order valence-electron chi connectivity index (χ2n) is 4.15. The molecule has 2 rings (SSSR count). The van der Waals surface area contributed by atoms with Gasteiger partial charge in [-0.1, -0.05) is 11.3 Å². The quantitative estimate of drug-likeness (QED) is 0.817. The molecule has 2 N–H and O–H groups in total. The van der Waals surface area contributed by atoms with Crippen LogP contribution in [0, 0.1) is 5.92 Å². The fraction of sp³-hybridized carbons (Fsp3) is 0.800. The third kappa shape index (κ3) is 2.90. The van der Waals surface area contributed by atoms with Gasteiger partial charge >= 0.3 is 0 Å². The lowest BCUT2D eigenvalue weighted by atomic mass is 9.98. The summed E-state index contributed by atoms with van der Waals surface area (Å²) in [6, 6.07) is 0. The molecular weight excluding hydrogens is 224 g/mol. The third-order valence-electron chi connectivity index (χ3n) is 3.00. The van der Waals surface area contributed by atoms with Crippen LogP contribution in [0.25, 0.3) is 0 Å². The van der Waals surface area contributed by atoms with Gasteiger partial charge in [-0.25, -0.2) is 0 Å². The summed E-state index contributed by atoms with van der Waals surface area (Å²) in [5.41, 5.74) is 0. The van der Waals surface area contributed by atoms with Crippen molar-refractivity contribution in [2.45, 2.75) is 19.4 Å². The van der Waals surface area contributed by atoms with E-state index in [9.17, 15) is 0 Å². The van der Waals surface area contributed by atoms with Crippen LogP contribution in [0.15, 0.2) is 0 Å². The van der Waals surface area contributed by atoms with Gasteiger partial charge in [0.2, 0.25) is 5.13 Å². The van der Waals surface area contributed by atoms with Crippen molar-refractivity contribution in [3.63, 3.8) is 0 Å². The zero-order chi connectivity index (χ0) is 11.4. The van der Waals surface area contributed by atoms with Gasteiger partial charge in [0, 0.05) is 13.7 Å². The Hall–Kier alpha value is -0.720. The van der Waals surface area contributed by atoms with E-state index in [0.29, 0.717) is 12.5 Å². The molecule has 5 nitrogen and oxygen atoms in total. The maximum absolute atomic E-state index is 9.06. The van der Waals surface area contributed by atoms with Crippen molar-refractivity contribution in [1.29, 1.82) is 0 Å². The normalized spacial score (nSPS) is 18.9. The van der Waals surface area contributed by atoms with E-state index in [-0.39, 0.29) is 0 Å². The van der Waals surface area contributed by atoms with Gasteiger partial charge < -0.3 is 10.4 Å². The smallest absolute Gasteiger partial charge is 0.205 e. The van der Waals surface area contributed by atoms with Crippen molar-refractivity contribution in [3.05, 3.63) is 5.01 Å². The van der Waals surface area contributed by atoms with Crippen LogP contribution in [0.3, 0.4) is 0 Å². The molecule has 0 atom stereocenters. The molecule has 16 heavy (non-hydrogen) atoms. The SMILES string of the molecule is CNc1nnc(CN2CCC(CO)CC2)s1. The lowest BCUT2D eigenvalue weighted by Gasteiger charge is -2.30. The topological polar surface area (TPSA) is 61.3 Å². The number of nitrogens with zero attached hydrogens (tertiary/aromatic N) is 3. The monoisotopic (exact) mass is 242 g/mol. The molecule has 1 aromatic heterocycles. The number of aliphatic hydroxyl groups is 1. The van der Waals surface area contributed by atoms with Gasteiger partial charge in [-0.05, 0) is 31.8 Å². The minimum atomic E-state index is 0.330. The number of rotatable bonds is 4. The Morgan fingerprint density at radius 1 is 1.44 bits per heavy atom. The van der Waals surface area contributed by atoms with Crippen LogP contribution in [0.4, 0.5) is 5.13 Å². The van der Waals surface area contributed by atoms with Crippen LogP contribution in [0.5, 0.6) is 0 Å². The fourth-order valence-corrected chi connectivity index (χ4v) is 2.67. The molecule has 6 heteroatoms. The molecule has 0 saturated carbocycles. The van der Waals surface area contributed by atoms with Gasteiger partial charge in [0.05, 0.1) is 6.54 Å². The number of hydrogen-bond donors (Lipinski definition) is 2. The minimum Gasteiger partial charge on any atom is -0.396 e. The molecule has 1 aromatic rings. The number of piperidine rings is 1. The lowest BCUT2D eigenvalue weighted by molar-refractivity contribution is 0.127. The summed E-state index contributed by atoms with van der Waals surface area (Å²) in [7, 11) is 1.86. The summed E-state index contributed by atoms with van der Waals surface area (Å²) in [5.74, 6) is 0.499. The summed E-state index contributed by atoms with van der Waals surface area (Å²) >= 11 is 1.61. The van der Waals surface area contributed by atoms with Gasteiger partial charge in [-0.2, -0.15) is 0 Å². The molecule has 0 unspecified atom stereocenters. The Morgan fingerprint density at radius 3 is 2.75 bits per heavy atom. The minimum absolute atomic E-state index is 0.330. The van der Waals surface area contributed by atoms with Crippen molar-refractivity contribution in [2.24, 2.45) is 5.92 Å². The van der Waals surface area contributed by atoms with E-state index >= 15 is 0 Å². The van der Waals surface area contributed by atoms with Crippen LogP contribution in [-0.2, 0) is 6.54 Å². The molecule has 1 aliphatic rings. The van der Waals surface area contributed by atoms with E-state index in [0.717, 1.165) is 42.6 Å². The molecule has 0 aliphatic carbocycles. The highest BCUT2D eigenvalue weighted by molar-refractivity contribution is 7.15. The van der Waals surface area contributed by atoms with Crippen LogP contribution < -0.4 is 5.32 Å². The zero-order valence-corrected chi connectivity index (χ0v) is 10.3. The molecule has 2 heterocycles. The number of hydrogen-bond acceptors (Lipinski definition) is 6. The van der Waals surface area contributed by atoms with Crippen molar-refractivity contribution in [2.75, 3.05) is 32.1 Å². The number of aliphatic hydroxyl groups excluding tert-OH is 1. The fourth-order valence-electron chi connectivity index (χ4n) is 1.94. The first-order valence-corrected chi connectivity index (χ1v) is 6.47. The standard InChI is InChI=1S/C10H18N4OS/c1-11-10-13-12-9(16-10)6-14-4-2-8(7-15)3-5-14/h8,15H,2-7H2,1H3,(H,11,13). The van der Waals surface area contributed by atoms with Crippen LogP contribution in [0.2, 0.25) is 0 Å². The Labute approximate surface area is 99.5 Å². The third-order valence-corrected chi connectivity index (χ3v) is 3.93. The number of aromatic nitrogens is 2. The summed E-state index contributed by atoms with van der Waals surface area (Å²) in [5, 5.41) is 22.1. The predicted octanol–water partition coefficient (Wildman–Crippen LogP) is 0.784. The van der Waals surface area contributed by atoms with Gasteiger partial charge in [-0.3, -0.25) is 4.90 Å². The first kappa shape index (κ1) is 11.8. The molecule has 0 aromatic carbocycles. The Kier molecular flexibility index (Phi) is 4.09. The molecular formula is C10H18N4OS. The van der Waals surface area contributed by atoms with E-state index < -0.39 is 0 Å². The number of likely N-dealkylation sites (tertiary alicyclic amines) is 1. The zero-order valence-electron chi connectivity index (χ0n) is 9.52. The lowest BCUT2D eigenvalue weighted by Crippen LogP contribution is -2.34.